The number of urea groups is 1. The lowest BCUT2D eigenvalue weighted by molar-refractivity contribution is 0.148. The van der Waals surface area contributed by atoms with Gasteiger partial charge in [0.15, 0.2) is 11.6 Å². The molecule has 1 aliphatic heterocycles. The summed E-state index contributed by atoms with van der Waals surface area (Å²) in [6.07, 6.45) is 0.904. The molecule has 2 amide bonds. The van der Waals surface area contributed by atoms with Crippen LogP contribution in [0.25, 0.3) is 0 Å². The van der Waals surface area contributed by atoms with E-state index < -0.39 is 11.6 Å². The number of piperazine rings is 1. The highest BCUT2D eigenvalue weighted by molar-refractivity contribution is 6.30. The molecular weight excluding hydrogens is 360 g/mol. The lowest BCUT2D eigenvalue weighted by Gasteiger charge is -2.34. The first kappa shape index (κ1) is 18.6. The number of rotatable bonds is 4. The van der Waals surface area contributed by atoms with Gasteiger partial charge in [0.05, 0.1) is 0 Å². The van der Waals surface area contributed by atoms with Crippen LogP contribution in [0.4, 0.5) is 19.3 Å². The summed E-state index contributed by atoms with van der Waals surface area (Å²) >= 11 is 6.00. The third-order valence-corrected chi connectivity index (χ3v) is 4.67. The summed E-state index contributed by atoms with van der Waals surface area (Å²) in [5.74, 6) is -1.91. The van der Waals surface area contributed by atoms with Crippen molar-refractivity contribution in [2.24, 2.45) is 0 Å². The Bertz CT molecular complexity index is 779. The monoisotopic (exact) mass is 379 g/mol. The van der Waals surface area contributed by atoms with Gasteiger partial charge in [0.2, 0.25) is 0 Å². The van der Waals surface area contributed by atoms with Gasteiger partial charge in [-0.3, -0.25) is 4.90 Å². The smallest absolute Gasteiger partial charge is 0.321 e. The summed E-state index contributed by atoms with van der Waals surface area (Å²) in [7, 11) is 0. The number of hydrogen-bond acceptors (Lipinski definition) is 2. The van der Waals surface area contributed by atoms with E-state index >= 15 is 0 Å². The van der Waals surface area contributed by atoms with Gasteiger partial charge in [0.1, 0.15) is 0 Å². The van der Waals surface area contributed by atoms with Crippen molar-refractivity contribution < 1.29 is 13.6 Å². The van der Waals surface area contributed by atoms with Gasteiger partial charge in [-0.2, -0.15) is 0 Å². The lowest BCUT2D eigenvalue weighted by atomic mass is 10.1. The van der Waals surface area contributed by atoms with E-state index in [9.17, 15) is 13.6 Å². The first-order valence-corrected chi connectivity index (χ1v) is 8.87. The molecule has 0 spiro atoms. The molecule has 2 aromatic carbocycles. The third-order valence-electron chi connectivity index (χ3n) is 4.44. The fourth-order valence-electron chi connectivity index (χ4n) is 2.93. The molecule has 0 atom stereocenters. The number of carbonyl (C=O) groups is 1. The van der Waals surface area contributed by atoms with Crippen LogP contribution >= 0.6 is 11.6 Å². The Balaban J connectivity index is 1.45. The largest absolute Gasteiger partial charge is 0.322 e. The topological polar surface area (TPSA) is 35.6 Å². The SMILES string of the molecule is O=C(Nc1ccc(F)c(F)c1)N1CCN(CCc2cccc(Cl)c2)CC1. The maximum absolute atomic E-state index is 13.2. The molecule has 0 unspecified atom stereocenters. The van der Waals surface area contributed by atoms with Crippen molar-refractivity contribution in [3.63, 3.8) is 0 Å². The molecule has 2 aromatic rings. The number of hydrogen-bond donors (Lipinski definition) is 1. The van der Waals surface area contributed by atoms with Crippen LogP contribution in [0, 0.1) is 11.6 Å². The zero-order valence-electron chi connectivity index (χ0n) is 14.2. The van der Waals surface area contributed by atoms with E-state index in [4.69, 9.17) is 11.6 Å². The molecule has 0 aromatic heterocycles. The first-order valence-electron chi connectivity index (χ1n) is 8.49. The van der Waals surface area contributed by atoms with Crippen LogP contribution < -0.4 is 5.32 Å². The van der Waals surface area contributed by atoms with Gasteiger partial charge in [0, 0.05) is 49.5 Å². The molecule has 1 heterocycles. The highest BCUT2D eigenvalue weighted by atomic mass is 35.5. The Morgan fingerprint density at radius 2 is 1.81 bits per heavy atom. The first-order chi connectivity index (χ1) is 12.5. The molecule has 0 saturated carbocycles. The van der Waals surface area contributed by atoms with Gasteiger partial charge in [0.25, 0.3) is 0 Å². The molecule has 0 radical (unpaired) electrons. The van der Waals surface area contributed by atoms with E-state index in [2.05, 4.69) is 16.3 Å². The number of carbonyl (C=O) groups excluding carboxylic acids is 1. The quantitative estimate of drug-likeness (QED) is 0.871. The van der Waals surface area contributed by atoms with Crippen LogP contribution in [-0.4, -0.2) is 48.6 Å². The second-order valence-corrected chi connectivity index (χ2v) is 6.70. The minimum absolute atomic E-state index is 0.247. The summed E-state index contributed by atoms with van der Waals surface area (Å²) in [5.41, 5.74) is 1.44. The maximum Gasteiger partial charge on any atom is 0.321 e. The van der Waals surface area contributed by atoms with Gasteiger partial charge in [-0.25, -0.2) is 13.6 Å². The van der Waals surface area contributed by atoms with Crippen molar-refractivity contribution >= 4 is 23.3 Å². The summed E-state index contributed by atoms with van der Waals surface area (Å²) < 4.78 is 26.2. The van der Waals surface area contributed by atoms with Crippen molar-refractivity contribution in [3.8, 4) is 0 Å². The van der Waals surface area contributed by atoms with Crippen molar-refractivity contribution in [1.29, 1.82) is 0 Å². The average Bonchev–Trinajstić information content (AvgIpc) is 2.63. The molecule has 1 fully saturated rings. The van der Waals surface area contributed by atoms with Crippen LogP contribution in [0.1, 0.15) is 5.56 Å². The molecule has 1 saturated heterocycles. The summed E-state index contributed by atoms with van der Waals surface area (Å²) in [6.45, 7) is 3.62. The van der Waals surface area contributed by atoms with E-state index in [0.717, 1.165) is 43.2 Å². The van der Waals surface area contributed by atoms with E-state index in [1.54, 1.807) is 4.90 Å². The molecule has 0 aliphatic carbocycles. The van der Waals surface area contributed by atoms with Gasteiger partial charge < -0.3 is 10.2 Å². The number of nitrogens with one attached hydrogen (secondary N) is 1. The van der Waals surface area contributed by atoms with Crippen LogP contribution in [0.2, 0.25) is 5.02 Å². The molecule has 4 nitrogen and oxygen atoms in total. The molecule has 7 heteroatoms. The van der Waals surface area contributed by atoms with Crippen molar-refractivity contribution in [3.05, 3.63) is 64.7 Å². The standard InChI is InChI=1S/C19H20ClF2N3O/c20-15-3-1-2-14(12-15)6-7-24-8-10-25(11-9-24)19(26)23-16-4-5-17(21)18(22)13-16/h1-5,12-13H,6-11H2,(H,23,26). The Hall–Kier alpha value is -2.18. The summed E-state index contributed by atoms with van der Waals surface area (Å²) in [5, 5.41) is 3.34. The second-order valence-electron chi connectivity index (χ2n) is 6.27. The van der Waals surface area contributed by atoms with Gasteiger partial charge in [-0.1, -0.05) is 23.7 Å². The Morgan fingerprint density at radius 1 is 1.04 bits per heavy atom. The number of nitrogens with zero attached hydrogens (tertiary/aromatic N) is 2. The predicted molar refractivity (Wildman–Crippen MR) is 98.5 cm³/mol. The molecule has 26 heavy (non-hydrogen) atoms. The van der Waals surface area contributed by atoms with Crippen molar-refractivity contribution in [2.75, 3.05) is 38.0 Å². The second kappa shape index (κ2) is 8.47. The van der Waals surface area contributed by atoms with E-state index in [0.29, 0.717) is 13.1 Å². The fourth-order valence-corrected chi connectivity index (χ4v) is 3.14. The van der Waals surface area contributed by atoms with Gasteiger partial charge in [-0.05, 0) is 36.2 Å². The minimum Gasteiger partial charge on any atom is -0.322 e. The van der Waals surface area contributed by atoms with Gasteiger partial charge in [-0.15, -0.1) is 0 Å². The highest BCUT2D eigenvalue weighted by Crippen LogP contribution is 2.15. The summed E-state index contributed by atoms with van der Waals surface area (Å²) in [6, 6.07) is 10.8. The maximum atomic E-state index is 13.2. The van der Waals surface area contributed by atoms with E-state index in [1.807, 2.05) is 18.2 Å². The molecular formula is C19H20ClF2N3O. The molecule has 0 bridgehead atoms. The van der Waals surface area contributed by atoms with E-state index in [1.165, 1.54) is 11.6 Å². The fraction of sp³-hybridized carbons (Fsp3) is 0.316. The number of amides is 2. The molecule has 1 N–H and O–H groups in total. The van der Waals surface area contributed by atoms with Crippen LogP contribution in [-0.2, 0) is 6.42 Å². The average molecular weight is 380 g/mol. The van der Waals surface area contributed by atoms with Gasteiger partial charge >= 0.3 is 6.03 Å². The minimum atomic E-state index is -0.978. The summed E-state index contributed by atoms with van der Waals surface area (Å²) in [4.78, 5) is 16.2. The lowest BCUT2D eigenvalue weighted by Crippen LogP contribution is -2.50. The molecule has 1 aliphatic rings. The Kier molecular flexibility index (Phi) is 6.06. The normalized spacial score (nSPS) is 15.1. The zero-order chi connectivity index (χ0) is 18.5. The van der Waals surface area contributed by atoms with Crippen molar-refractivity contribution in [1.82, 2.24) is 9.80 Å². The van der Waals surface area contributed by atoms with E-state index in [-0.39, 0.29) is 11.7 Å². The van der Waals surface area contributed by atoms with Crippen LogP contribution in [0.15, 0.2) is 42.5 Å². The number of anilines is 1. The predicted octanol–water partition coefficient (Wildman–Crippen LogP) is 4.01. The highest BCUT2D eigenvalue weighted by Gasteiger charge is 2.21. The Labute approximate surface area is 156 Å². The van der Waals surface area contributed by atoms with Crippen LogP contribution in [0.5, 0.6) is 0 Å². The molecule has 138 valence electrons. The van der Waals surface area contributed by atoms with Crippen LogP contribution in [0.3, 0.4) is 0 Å². The molecule has 3 rings (SSSR count). The van der Waals surface area contributed by atoms with Crippen molar-refractivity contribution in [2.45, 2.75) is 6.42 Å². The number of halogens is 3. The Morgan fingerprint density at radius 3 is 2.50 bits per heavy atom. The number of benzene rings is 2. The third kappa shape index (κ3) is 4.93. The zero-order valence-corrected chi connectivity index (χ0v) is 15.0.